The average Bonchev–Trinajstić information content (AvgIpc) is 2.70. The second kappa shape index (κ2) is 5.01. The van der Waals surface area contributed by atoms with Gasteiger partial charge in [0.15, 0.2) is 0 Å². The van der Waals surface area contributed by atoms with Crippen LogP contribution in [0.3, 0.4) is 0 Å². The second-order valence-corrected chi connectivity index (χ2v) is 6.10. The van der Waals surface area contributed by atoms with E-state index in [4.69, 9.17) is 5.73 Å². The zero-order chi connectivity index (χ0) is 12.4. The van der Waals surface area contributed by atoms with Crippen molar-refractivity contribution in [3.63, 3.8) is 0 Å². The van der Waals surface area contributed by atoms with Crippen molar-refractivity contribution >= 4 is 51.2 Å². The largest absolute Gasteiger partial charge is 0.397 e. The van der Waals surface area contributed by atoms with E-state index in [2.05, 4.69) is 27.9 Å². The van der Waals surface area contributed by atoms with Crippen molar-refractivity contribution in [2.75, 3.05) is 11.1 Å². The molecular formula is C11H8FIN2OS. The van der Waals surface area contributed by atoms with Gasteiger partial charge in [0.05, 0.1) is 14.1 Å². The Bertz CT molecular complexity index is 550. The van der Waals surface area contributed by atoms with E-state index in [1.807, 2.05) is 0 Å². The number of thiophene rings is 1. The van der Waals surface area contributed by atoms with E-state index in [1.165, 1.54) is 29.5 Å². The van der Waals surface area contributed by atoms with Crippen molar-refractivity contribution < 1.29 is 9.18 Å². The number of para-hydroxylation sites is 1. The number of anilines is 2. The van der Waals surface area contributed by atoms with Gasteiger partial charge in [0, 0.05) is 5.38 Å². The molecule has 0 fully saturated rings. The van der Waals surface area contributed by atoms with Crippen LogP contribution < -0.4 is 11.1 Å². The van der Waals surface area contributed by atoms with Crippen molar-refractivity contribution in [2.45, 2.75) is 0 Å². The number of halogens is 2. The zero-order valence-corrected chi connectivity index (χ0v) is 11.5. The Labute approximate surface area is 115 Å². The smallest absolute Gasteiger partial charge is 0.256 e. The van der Waals surface area contributed by atoms with Crippen LogP contribution in [0, 0.1) is 8.70 Å². The van der Waals surface area contributed by atoms with Crippen LogP contribution in [0.2, 0.25) is 0 Å². The molecule has 88 valence electrons. The number of benzene rings is 1. The van der Waals surface area contributed by atoms with Gasteiger partial charge < -0.3 is 11.1 Å². The third kappa shape index (κ3) is 2.75. The van der Waals surface area contributed by atoms with Crippen LogP contribution in [-0.2, 0) is 0 Å². The summed E-state index contributed by atoms with van der Waals surface area (Å²) in [5, 5.41) is 4.19. The fourth-order valence-corrected chi connectivity index (χ4v) is 2.61. The molecule has 0 bridgehead atoms. The maximum absolute atomic E-state index is 13.4. The lowest BCUT2D eigenvalue weighted by Crippen LogP contribution is -2.13. The first-order chi connectivity index (χ1) is 8.08. The molecule has 1 amide bonds. The fourth-order valence-electron chi connectivity index (χ4n) is 1.29. The van der Waals surface area contributed by atoms with Crippen LogP contribution in [0.15, 0.2) is 29.6 Å². The highest BCUT2D eigenvalue weighted by Crippen LogP contribution is 2.23. The Morgan fingerprint density at radius 3 is 2.82 bits per heavy atom. The highest BCUT2D eigenvalue weighted by atomic mass is 127. The molecule has 0 radical (unpaired) electrons. The first-order valence-electron chi connectivity index (χ1n) is 4.67. The monoisotopic (exact) mass is 362 g/mol. The molecule has 0 aliphatic carbocycles. The Kier molecular flexibility index (Phi) is 3.63. The summed E-state index contributed by atoms with van der Waals surface area (Å²) in [6, 6.07) is 6.02. The normalized spacial score (nSPS) is 10.2. The van der Waals surface area contributed by atoms with Gasteiger partial charge in [-0.1, -0.05) is 6.07 Å². The lowest BCUT2D eigenvalue weighted by atomic mass is 10.2. The number of nitrogens with one attached hydrogen (secondary N) is 1. The van der Waals surface area contributed by atoms with Crippen LogP contribution in [0.5, 0.6) is 0 Å². The van der Waals surface area contributed by atoms with E-state index in [1.54, 1.807) is 11.4 Å². The minimum atomic E-state index is -0.539. The lowest BCUT2D eigenvalue weighted by Gasteiger charge is -2.07. The summed E-state index contributed by atoms with van der Waals surface area (Å²) in [7, 11) is 0. The van der Waals surface area contributed by atoms with Crippen molar-refractivity contribution in [3.05, 3.63) is 43.9 Å². The van der Waals surface area contributed by atoms with Gasteiger partial charge >= 0.3 is 0 Å². The molecule has 3 nitrogen and oxygen atoms in total. The molecule has 0 aliphatic heterocycles. The molecule has 17 heavy (non-hydrogen) atoms. The topological polar surface area (TPSA) is 55.1 Å². The number of amides is 1. The maximum atomic E-state index is 13.4. The number of nitrogens with two attached hydrogens (primary N) is 1. The lowest BCUT2D eigenvalue weighted by molar-refractivity contribution is 0.102. The van der Waals surface area contributed by atoms with E-state index < -0.39 is 5.82 Å². The molecule has 0 unspecified atom stereocenters. The molecule has 0 spiro atoms. The molecule has 1 aromatic heterocycles. The third-order valence-electron chi connectivity index (χ3n) is 2.11. The predicted molar refractivity (Wildman–Crippen MR) is 75.8 cm³/mol. The van der Waals surface area contributed by atoms with E-state index >= 15 is 0 Å². The zero-order valence-electron chi connectivity index (χ0n) is 8.54. The standard InChI is InChI=1S/C11H8FIN2OS/c12-7-2-1-3-8(14)10(7)15-11(16)6-4-9(13)17-5-6/h1-5H,14H2,(H,15,16). The Morgan fingerprint density at radius 1 is 1.47 bits per heavy atom. The van der Waals surface area contributed by atoms with E-state index in [9.17, 15) is 9.18 Å². The SMILES string of the molecule is Nc1cccc(F)c1NC(=O)c1csc(I)c1. The molecule has 0 aliphatic rings. The van der Waals surface area contributed by atoms with Gasteiger partial charge in [0.1, 0.15) is 11.5 Å². The molecule has 3 N–H and O–H groups in total. The minimum Gasteiger partial charge on any atom is -0.397 e. The first kappa shape index (κ1) is 12.3. The van der Waals surface area contributed by atoms with Crippen LogP contribution in [0.25, 0.3) is 0 Å². The van der Waals surface area contributed by atoms with Gasteiger partial charge in [0.25, 0.3) is 5.91 Å². The number of nitrogen functional groups attached to an aromatic ring is 1. The number of hydrogen-bond acceptors (Lipinski definition) is 3. The second-order valence-electron chi connectivity index (χ2n) is 3.30. The first-order valence-corrected chi connectivity index (χ1v) is 6.63. The van der Waals surface area contributed by atoms with Crippen LogP contribution >= 0.6 is 33.9 Å². The maximum Gasteiger partial charge on any atom is 0.256 e. The van der Waals surface area contributed by atoms with E-state index in [0.29, 0.717) is 5.56 Å². The fraction of sp³-hybridized carbons (Fsp3) is 0. The van der Waals surface area contributed by atoms with Crippen LogP contribution in [0.4, 0.5) is 15.8 Å². The summed E-state index contributed by atoms with van der Waals surface area (Å²) >= 11 is 3.57. The van der Waals surface area contributed by atoms with Crippen LogP contribution in [-0.4, -0.2) is 5.91 Å². The van der Waals surface area contributed by atoms with Crippen molar-refractivity contribution in [1.29, 1.82) is 0 Å². The third-order valence-corrected chi connectivity index (χ3v) is 3.90. The molecule has 1 heterocycles. The summed E-state index contributed by atoms with van der Waals surface area (Å²) in [5.74, 6) is -0.899. The van der Waals surface area contributed by atoms with Gasteiger partial charge in [-0.05, 0) is 40.8 Å². The average molecular weight is 362 g/mol. The van der Waals surface area contributed by atoms with Crippen molar-refractivity contribution in [2.24, 2.45) is 0 Å². The Morgan fingerprint density at radius 2 is 2.24 bits per heavy atom. The Hall–Kier alpha value is -1.15. The molecule has 0 saturated carbocycles. The van der Waals surface area contributed by atoms with Gasteiger partial charge in [-0.3, -0.25) is 4.79 Å². The molecule has 2 aromatic rings. The van der Waals surface area contributed by atoms with Crippen LogP contribution in [0.1, 0.15) is 10.4 Å². The number of carbonyl (C=O) groups is 1. The molecule has 0 atom stereocenters. The molecule has 1 aromatic carbocycles. The molecule has 2 rings (SSSR count). The molecule has 0 saturated heterocycles. The summed E-state index contributed by atoms with van der Waals surface area (Å²) < 4.78 is 14.4. The minimum absolute atomic E-state index is 0.0266. The van der Waals surface area contributed by atoms with Gasteiger partial charge in [0.2, 0.25) is 0 Å². The summed E-state index contributed by atoms with van der Waals surface area (Å²) in [5.41, 5.74) is 6.34. The summed E-state index contributed by atoms with van der Waals surface area (Å²) in [4.78, 5) is 11.8. The summed E-state index contributed by atoms with van der Waals surface area (Å²) in [6.07, 6.45) is 0. The van der Waals surface area contributed by atoms with Crippen molar-refractivity contribution in [1.82, 2.24) is 0 Å². The highest BCUT2D eigenvalue weighted by molar-refractivity contribution is 14.1. The number of carbonyl (C=O) groups excluding carboxylic acids is 1. The van der Waals surface area contributed by atoms with Gasteiger partial charge in [-0.2, -0.15) is 0 Å². The number of rotatable bonds is 2. The van der Waals surface area contributed by atoms with Crippen molar-refractivity contribution in [3.8, 4) is 0 Å². The molecular weight excluding hydrogens is 354 g/mol. The van der Waals surface area contributed by atoms with Gasteiger partial charge in [-0.15, -0.1) is 11.3 Å². The number of hydrogen-bond donors (Lipinski definition) is 2. The summed E-state index contributed by atoms with van der Waals surface area (Å²) in [6.45, 7) is 0. The quantitative estimate of drug-likeness (QED) is 0.636. The van der Waals surface area contributed by atoms with Gasteiger partial charge in [-0.25, -0.2) is 4.39 Å². The molecule has 6 heteroatoms. The van der Waals surface area contributed by atoms with E-state index in [-0.39, 0.29) is 17.3 Å². The Balaban J connectivity index is 2.24. The van der Waals surface area contributed by atoms with E-state index in [0.717, 1.165) is 2.88 Å². The highest BCUT2D eigenvalue weighted by Gasteiger charge is 2.12. The predicted octanol–water partition coefficient (Wildman–Crippen LogP) is 3.33.